The van der Waals surface area contributed by atoms with Crippen LogP contribution in [0.25, 0.3) is 16.6 Å². The number of aromatic nitrogens is 2. The first-order valence-corrected chi connectivity index (χ1v) is 8.72. The Labute approximate surface area is 155 Å². The van der Waals surface area contributed by atoms with Crippen LogP contribution in [0.3, 0.4) is 0 Å². The minimum absolute atomic E-state index is 0.159. The van der Waals surface area contributed by atoms with Gasteiger partial charge in [0.1, 0.15) is 5.82 Å². The molecule has 1 fully saturated rings. The number of rotatable bonds is 3. The molecule has 6 nitrogen and oxygen atoms in total. The molecule has 27 heavy (non-hydrogen) atoms. The van der Waals surface area contributed by atoms with E-state index >= 15 is 0 Å². The number of benzene rings is 2. The number of nitrogens with zero attached hydrogens (tertiary/aromatic N) is 2. The van der Waals surface area contributed by atoms with E-state index in [-0.39, 0.29) is 12.0 Å². The molecule has 2 N–H and O–H groups in total. The molecule has 1 saturated carbocycles. The number of hydrogen-bond donors (Lipinski definition) is 2. The quantitative estimate of drug-likeness (QED) is 0.428. The van der Waals surface area contributed by atoms with Crippen LogP contribution in [-0.2, 0) is 4.79 Å². The maximum Gasteiger partial charge on any atom is 0.267 e. The molecule has 0 atom stereocenters. The Morgan fingerprint density at radius 3 is 2.67 bits per heavy atom. The highest BCUT2D eigenvalue weighted by molar-refractivity contribution is 5.85. The predicted octanol–water partition coefficient (Wildman–Crippen LogP) is 2.51. The summed E-state index contributed by atoms with van der Waals surface area (Å²) in [5.41, 5.74) is 3.27. The zero-order valence-corrected chi connectivity index (χ0v) is 14.5. The van der Waals surface area contributed by atoms with Gasteiger partial charge >= 0.3 is 0 Å². The number of nitrogens with one attached hydrogen (secondary N) is 1. The van der Waals surface area contributed by atoms with Crippen molar-refractivity contribution in [3.63, 3.8) is 0 Å². The number of hydroxylamine groups is 1. The van der Waals surface area contributed by atoms with Gasteiger partial charge in [-0.25, -0.2) is 10.5 Å². The molecule has 0 unspecified atom stereocenters. The van der Waals surface area contributed by atoms with Crippen LogP contribution < -0.4 is 11.0 Å². The maximum atomic E-state index is 13.4. The highest BCUT2D eigenvalue weighted by atomic mass is 16.5. The first-order valence-electron chi connectivity index (χ1n) is 8.72. The van der Waals surface area contributed by atoms with Crippen molar-refractivity contribution in [1.82, 2.24) is 15.0 Å². The molecule has 1 heterocycles. The minimum atomic E-state index is -0.599. The van der Waals surface area contributed by atoms with Gasteiger partial charge in [-0.1, -0.05) is 36.1 Å². The standard InChI is InChI=1S/C21H17N3O3/c25-18(23-27)11-5-7-14-6-4-10-17-19(14)21(26)24(16-8-2-1-3-9-16)20(22-17)15-12-13-15/h1-4,6,8-10,15,27H,11-13H2,(H,23,25). The van der Waals surface area contributed by atoms with Crippen LogP contribution in [0.2, 0.25) is 0 Å². The van der Waals surface area contributed by atoms with Crippen molar-refractivity contribution in [3.05, 3.63) is 70.3 Å². The van der Waals surface area contributed by atoms with Crippen molar-refractivity contribution in [2.45, 2.75) is 25.2 Å². The fraction of sp³-hybridized carbons (Fsp3) is 0.190. The molecule has 0 aliphatic heterocycles. The van der Waals surface area contributed by atoms with E-state index in [9.17, 15) is 9.59 Å². The molecule has 3 aromatic rings. The summed E-state index contributed by atoms with van der Waals surface area (Å²) < 4.78 is 1.67. The third kappa shape index (κ3) is 3.33. The second kappa shape index (κ2) is 7.06. The molecule has 1 aromatic heterocycles. The Morgan fingerprint density at radius 2 is 1.96 bits per heavy atom. The summed E-state index contributed by atoms with van der Waals surface area (Å²) in [6.45, 7) is 0. The van der Waals surface area contributed by atoms with Gasteiger partial charge in [0.25, 0.3) is 11.5 Å². The zero-order chi connectivity index (χ0) is 18.8. The molecule has 0 radical (unpaired) electrons. The van der Waals surface area contributed by atoms with Crippen molar-refractivity contribution in [2.24, 2.45) is 0 Å². The van der Waals surface area contributed by atoms with Crippen LogP contribution in [0.5, 0.6) is 0 Å². The van der Waals surface area contributed by atoms with Gasteiger partial charge in [0.2, 0.25) is 0 Å². The molecule has 1 aliphatic carbocycles. The predicted molar refractivity (Wildman–Crippen MR) is 101 cm³/mol. The molecule has 6 heteroatoms. The summed E-state index contributed by atoms with van der Waals surface area (Å²) in [5.74, 6) is 6.02. The van der Waals surface area contributed by atoms with Gasteiger partial charge in [0, 0.05) is 11.5 Å². The van der Waals surface area contributed by atoms with Gasteiger partial charge in [-0.2, -0.15) is 0 Å². The summed E-state index contributed by atoms with van der Waals surface area (Å²) in [7, 11) is 0. The Kier molecular flexibility index (Phi) is 4.45. The lowest BCUT2D eigenvalue weighted by atomic mass is 10.1. The third-order valence-electron chi connectivity index (χ3n) is 4.48. The summed E-state index contributed by atoms with van der Waals surface area (Å²) in [5, 5.41) is 9.00. The highest BCUT2D eigenvalue weighted by Crippen LogP contribution is 2.39. The highest BCUT2D eigenvalue weighted by Gasteiger charge is 2.30. The molecule has 0 saturated heterocycles. The molecule has 0 spiro atoms. The zero-order valence-electron chi connectivity index (χ0n) is 14.5. The van der Waals surface area contributed by atoms with E-state index in [1.54, 1.807) is 16.7 Å². The van der Waals surface area contributed by atoms with E-state index in [1.807, 2.05) is 36.4 Å². The second-order valence-electron chi connectivity index (χ2n) is 6.43. The number of carbonyl (C=O) groups is 1. The Bertz CT molecular complexity index is 1140. The number of para-hydroxylation sites is 1. The SMILES string of the molecule is O=C(CC#Cc1cccc2nc(C3CC3)n(-c3ccccc3)c(=O)c12)NO. The van der Waals surface area contributed by atoms with Crippen LogP contribution in [-0.4, -0.2) is 20.7 Å². The van der Waals surface area contributed by atoms with Crippen LogP contribution in [0.1, 0.15) is 36.6 Å². The van der Waals surface area contributed by atoms with Crippen LogP contribution in [0.15, 0.2) is 53.3 Å². The molecule has 134 valence electrons. The van der Waals surface area contributed by atoms with Gasteiger partial charge in [0.05, 0.1) is 23.0 Å². The number of amides is 1. The number of carbonyl (C=O) groups excluding carboxylic acids is 1. The lowest BCUT2D eigenvalue weighted by Gasteiger charge is -2.13. The minimum Gasteiger partial charge on any atom is -0.289 e. The average molecular weight is 359 g/mol. The molecular formula is C21H17N3O3. The van der Waals surface area contributed by atoms with E-state index in [4.69, 9.17) is 10.2 Å². The van der Waals surface area contributed by atoms with Gasteiger partial charge in [0.15, 0.2) is 0 Å². The molecular weight excluding hydrogens is 342 g/mol. The molecule has 1 aliphatic rings. The van der Waals surface area contributed by atoms with E-state index in [0.717, 1.165) is 24.4 Å². The fourth-order valence-corrected chi connectivity index (χ4v) is 3.05. The second-order valence-corrected chi connectivity index (χ2v) is 6.43. The molecule has 0 bridgehead atoms. The summed E-state index contributed by atoms with van der Waals surface area (Å²) in [6.07, 6.45) is 1.90. The van der Waals surface area contributed by atoms with Gasteiger partial charge in [-0.3, -0.25) is 19.4 Å². The average Bonchev–Trinajstić information content (AvgIpc) is 3.53. The first-order chi connectivity index (χ1) is 13.2. The Morgan fingerprint density at radius 1 is 1.19 bits per heavy atom. The molecule has 2 aromatic carbocycles. The van der Waals surface area contributed by atoms with Gasteiger partial charge < -0.3 is 0 Å². The number of fused-ring (bicyclic) bond motifs is 1. The van der Waals surface area contributed by atoms with E-state index in [0.29, 0.717) is 22.4 Å². The van der Waals surface area contributed by atoms with Gasteiger partial charge in [-0.05, 0) is 37.1 Å². The van der Waals surface area contributed by atoms with Crippen molar-refractivity contribution in [1.29, 1.82) is 0 Å². The van der Waals surface area contributed by atoms with Crippen molar-refractivity contribution < 1.29 is 10.0 Å². The Balaban J connectivity index is 1.93. The largest absolute Gasteiger partial charge is 0.289 e. The Hall–Kier alpha value is -3.43. The summed E-state index contributed by atoms with van der Waals surface area (Å²) in [6, 6.07) is 14.8. The first kappa shape index (κ1) is 17.0. The van der Waals surface area contributed by atoms with Crippen molar-refractivity contribution >= 4 is 16.8 Å². The monoisotopic (exact) mass is 359 g/mol. The lowest BCUT2D eigenvalue weighted by molar-refractivity contribution is -0.128. The number of hydrogen-bond acceptors (Lipinski definition) is 4. The van der Waals surface area contributed by atoms with E-state index in [1.165, 1.54) is 5.48 Å². The fourth-order valence-electron chi connectivity index (χ4n) is 3.05. The normalized spacial score (nSPS) is 13.1. The van der Waals surface area contributed by atoms with Crippen molar-refractivity contribution in [3.8, 4) is 17.5 Å². The maximum absolute atomic E-state index is 13.4. The summed E-state index contributed by atoms with van der Waals surface area (Å²) in [4.78, 5) is 29.3. The van der Waals surface area contributed by atoms with Crippen LogP contribution in [0, 0.1) is 11.8 Å². The topological polar surface area (TPSA) is 84.2 Å². The van der Waals surface area contributed by atoms with E-state index < -0.39 is 5.91 Å². The van der Waals surface area contributed by atoms with E-state index in [2.05, 4.69) is 11.8 Å². The molecule has 4 rings (SSSR count). The van der Waals surface area contributed by atoms with Gasteiger partial charge in [-0.15, -0.1) is 0 Å². The summed E-state index contributed by atoms with van der Waals surface area (Å²) >= 11 is 0. The van der Waals surface area contributed by atoms with Crippen LogP contribution >= 0.6 is 0 Å². The third-order valence-corrected chi connectivity index (χ3v) is 4.48. The molecule has 1 amide bonds. The van der Waals surface area contributed by atoms with Crippen molar-refractivity contribution in [2.75, 3.05) is 0 Å². The smallest absolute Gasteiger partial charge is 0.267 e. The van der Waals surface area contributed by atoms with Crippen LogP contribution in [0.4, 0.5) is 0 Å². The lowest BCUT2D eigenvalue weighted by Crippen LogP contribution is -2.24.